The van der Waals surface area contributed by atoms with Crippen molar-refractivity contribution in [2.75, 3.05) is 32.8 Å². The van der Waals surface area contributed by atoms with E-state index >= 15 is 0 Å². The van der Waals surface area contributed by atoms with Crippen LogP contribution in [0.25, 0.3) is 0 Å². The second kappa shape index (κ2) is 9.31. The number of nitrogens with one attached hydrogen (secondary N) is 1. The van der Waals surface area contributed by atoms with Crippen LogP contribution in [-0.2, 0) is 16.0 Å². The summed E-state index contributed by atoms with van der Waals surface area (Å²) in [6.07, 6.45) is 1.88. The van der Waals surface area contributed by atoms with E-state index < -0.39 is 0 Å². The van der Waals surface area contributed by atoms with Crippen molar-refractivity contribution in [2.24, 2.45) is 0 Å². The molecular weight excluding hydrogens is 344 g/mol. The first-order valence-electron chi connectivity index (χ1n) is 9.42. The minimum absolute atomic E-state index is 0.0314. The molecule has 2 aromatic rings. The lowest BCUT2D eigenvalue weighted by molar-refractivity contribution is -0.132. The third kappa shape index (κ3) is 4.34. The maximum Gasteiger partial charge on any atom is 0.237 e. The average Bonchev–Trinajstić information content (AvgIpc) is 3.13. The molecule has 1 N–H and O–H groups in total. The van der Waals surface area contributed by atoms with E-state index in [9.17, 15) is 4.79 Å². The van der Waals surface area contributed by atoms with E-state index in [-0.39, 0.29) is 11.9 Å². The Hall–Kier alpha value is -1.69. The zero-order chi connectivity index (χ0) is 18.4. The molecule has 5 heteroatoms. The van der Waals surface area contributed by atoms with Crippen LogP contribution in [0, 0.1) is 6.92 Å². The summed E-state index contributed by atoms with van der Waals surface area (Å²) in [5, 5.41) is 5.43. The summed E-state index contributed by atoms with van der Waals surface area (Å²) in [5.41, 5.74) is 3.76. The largest absolute Gasteiger partial charge is 0.382 e. The van der Waals surface area contributed by atoms with Crippen LogP contribution in [0.15, 0.2) is 35.7 Å². The molecule has 0 saturated carbocycles. The van der Waals surface area contributed by atoms with Crippen LogP contribution in [0.1, 0.15) is 41.0 Å². The van der Waals surface area contributed by atoms with Gasteiger partial charge in [0.25, 0.3) is 0 Å². The van der Waals surface area contributed by atoms with Gasteiger partial charge in [-0.15, -0.1) is 11.3 Å². The van der Waals surface area contributed by atoms with Gasteiger partial charge in [0.1, 0.15) is 0 Å². The van der Waals surface area contributed by atoms with Gasteiger partial charge >= 0.3 is 0 Å². The SMILES string of the molecule is CCOCCCNCC(=O)N1CCc2sccc2[C@H]1c1ccccc1C. The minimum atomic E-state index is 0.0314. The highest BCUT2D eigenvalue weighted by Crippen LogP contribution is 2.38. The Kier molecular flexibility index (Phi) is 6.83. The van der Waals surface area contributed by atoms with E-state index in [0.717, 1.165) is 39.1 Å². The van der Waals surface area contributed by atoms with Gasteiger partial charge in [-0.2, -0.15) is 0 Å². The zero-order valence-electron chi connectivity index (χ0n) is 15.7. The first-order chi connectivity index (χ1) is 12.7. The summed E-state index contributed by atoms with van der Waals surface area (Å²) in [6, 6.07) is 10.6. The molecule has 1 aliphatic heterocycles. The van der Waals surface area contributed by atoms with Gasteiger partial charge in [0.15, 0.2) is 0 Å². The smallest absolute Gasteiger partial charge is 0.237 e. The van der Waals surface area contributed by atoms with E-state index in [0.29, 0.717) is 6.54 Å². The van der Waals surface area contributed by atoms with Crippen LogP contribution in [0.2, 0.25) is 0 Å². The second-order valence-corrected chi connectivity index (χ2v) is 7.62. The molecule has 0 aliphatic carbocycles. The van der Waals surface area contributed by atoms with Gasteiger partial charge in [-0.1, -0.05) is 24.3 Å². The molecule has 1 amide bonds. The van der Waals surface area contributed by atoms with Crippen molar-refractivity contribution >= 4 is 17.2 Å². The molecule has 0 spiro atoms. The predicted octanol–water partition coefficient (Wildman–Crippen LogP) is 3.55. The Labute approximate surface area is 160 Å². The summed E-state index contributed by atoms with van der Waals surface area (Å²) < 4.78 is 5.34. The van der Waals surface area contributed by atoms with Gasteiger partial charge in [0.2, 0.25) is 5.91 Å². The number of fused-ring (bicyclic) bond motifs is 1. The van der Waals surface area contributed by atoms with Crippen molar-refractivity contribution in [1.29, 1.82) is 0 Å². The lowest BCUT2D eigenvalue weighted by Crippen LogP contribution is -2.44. The third-order valence-electron chi connectivity index (χ3n) is 4.89. The molecule has 0 radical (unpaired) electrons. The lowest BCUT2D eigenvalue weighted by Gasteiger charge is -2.37. The van der Waals surface area contributed by atoms with Crippen molar-refractivity contribution in [3.8, 4) is 0 Å². The van der Waals surface area contributed by atoms with Crippen molar-refractivity contribution in [3.05, 3.63) is 57.3 Å². The number of benzene rings is 1. The number of nitrogens with zero attached hydrogens (tertiary/aromatic N) is 1. The number of rotatable bonds is 8. The highest BCUT2D eigenvalue weighted by Gasteiger charge is 2.33. The fourth-order valence-corrected chi connectivity index (χ4v) is 4.46. The van der Waals surface area contributed by atoms with E-state index in [4.69, 9.17) is 4.74 Å². The van der Waals surface area contributed by atoms with Crippen molar-refractivity contribution in [3.63, 3.8) is 0 Å². The monoisotopic (exact) mass is 372 g/mol. The number of hydrogen-bond donors (Lipinski definition) is 1. The van der Waals surface area contributed by atoms with E-state index in [1.807, 2.05) is 11.8 Å². The van der Waals surface area contributed by atoms with Crippen LogP contribution >= 0.6 is 11.3 Å². The summed E-state index contributed by atoms with van der Waals surface area (Å²) >= 11 is 1.80. The quantitative estimate of drug-likeness (QED) is 0.721. The average molecular weight is 373 g/mol. The number of carbonyl (C=O) groups is 1. The molecular formula is C21H28N2O2S. The van der Waals surface area contributed by atoms with E-state index in [1.54, 1.807) is 11.3 Å². The Bertz CT molecular complexity index is 728. The molecule has 2 heterocycles. The van der Waals surface area contributed by atoms with Gasteiger partial charge in [0, 0.05) is 24.6 Å². The Morgan fingerprint density at radius 3 is 2.96 bits per heavy atom. The standard InChI is InChI=1S/C21H28N2O2S/c1-3-25-13-6-11-22-15-20(24)23-12-9-19-18(10-14-26-19)21(23)17-8-5-4-7-16(17)2/h4-5,7-8,10,14,21-22H,3,6,9,11-13,15H2,1-2H3/t21-/m1/s1. The topological polar surface area (TPSA) is 41.6 Å². The number of amides is 1. The van der Waals surface area contributed by atoms with Gasteiger partial charge in [-0.25, -0.2) is 0 Å². The Morgan fingerprint density at radius 2 is 2.15 bits per heavy atom. The molecule has 3 rings (SSSR count). The van der Waals surface area contributed by atoms with Gasteiger partial charge in [-0.05, 0) is 61.4 Å². The number of carbonyl (C=O) groups excluding carboxylic acids is 1. The number of hydrogen-bond acceptors (Lipinski definition) is 4. The molecule has 0 unspecified atom stereocenters. The molecule has 1 atom stereocenters. The Balaban J connectivity index is 1.71. The molecule has 0 bridgehead atoms. The summed E-state index contributed by atoms with van der Waals surface area (Å²) in [6.45, 7) is 7.58. The molecule has 1 aromatic carbocycles. The molecule has 1 aromatic heterocycles. The summed E-state index contributed by atoms with van der Waals surface area (Å²) in [5.74, 6) is 0.173. The van der Waals surface area contributed by atoms with Gasteiger partial charge in [0.05, 0.1) is 12.6 Å². The minimum Gasteiger partial charge on any atom is -0.382 e. The number of thiophene rings is 1. The molecule has 4 nitrogen and oxygen atoms in total. The van der Waals surface area contributed by atoms with Crippen LogP contribution in [0.5, 0.6) is 0 Å². The van der Waals surface area contributed by atoms with Crippen LogP contribution in [0.3, 0.4) is 0 Å². The number of ether oxygens (including phenoxy) is 1. The molecule has 0 saturated heterocycles. The molecule has 0 fully saturated rings. The van der Waals surface area contributed by atoms with E-state index in [1.165, 1.54) is 21.6 Å². The molecule has 140 valence electrons. The van der Waals surface area contributed by atoms with Crippen molar-refractivity contribution in [2.45, 2.75) is 32.7 Å². The first-order valence-corrected chi connectivity index (χ1v) is 10.3. The second-order valence-electron chi connectivity index (χ2n) is 6.62. The molecule has 1 aliphatic rings. The predicted molar refractivity (Wildman–Crippen MR) is 107 cm³/mol. The highest BCUT2D eigenvalue weighted by molar-refractivity contribution is 7.10. The normalized spacial score (nSPS) is 16.5. The number of aryl methyl sites for hydroxylation is 1. The maximum atomic E-state index is 12.9. The highest BCUT2D eigenvalue weighted by atomic mass is 32.1. The van der Waals surface area contributed by atoms with Crippen LogP contribution in [0.4, 0.5) is 0 Å². The van der Waals surface area contributed by atoms with E-state index in [2.05, 4.69) is 48.0 Å². The molecule has 26 heavy (non-hydrogen) atoms. The van der Waals surface area contributed by atoms with Crippen molar-refractivity contribution in [1.82, 2.24) is 10.2 Å². The summed E-state index contributed by atoms with van der Waals surface area (Å²) in [4.78, 5) is 16.4. The van der Waals surface area contributed by atoms with Crippen molar-refractivity contribution < 1.29 is 9.53 Å². The van der Waals surface area contributed by atoms with Crippen LogP contribution < -0.4 is 5.32 Å². The fourth-order valence-electron chi connectivity index (χ4n) is 3.55. The zero-order valence-corrected chi connectivity index (χ0v) is 16.5. The van der Waals surface area contributed by atoms with Gasteiger partial charge < -0.3 is 15.0 Å². The lowest BCUT2D eigenvalue weighted by atomic mass is 9.90. The Morgan fingerprint density at radius 1 is 1.31 bits per heavy atom. The maximum absolute atomic E-state index is 12.9. The van der Waals surface area contributed by atoms with Gasteiger partial charge in [-0.3, -0.25) is 4.79 Å². The third-order valence-corrected chi connectivity index (χ3v) is 5.89. The summed E-state index contributed by atoms with van der Waals surface area (Å²) in [7, 11) is 0. The fraction of sp³-hybridized carbons (Fsp3) is 0.476. The van der Waals surface area contributed by atoms with Crippen LogP contribution in [-0.4, -0.2) is 43.7 Å². The first kappa shape index (κ1) is 19.1.